The molecular formula is C19H20O4. The van der Waals surface area contributed by atoms with E-state index in [1.807, 2.05) is 56.3 Å². The number of hydrogen-bond donors (Lipinski definition) is 0. The van der Waals surface area contributed by atoms with Gasteiger partial charge in [0.25, 0.3) is 0 Å². The van der Waals surface area contributed by atoms with E-state index in [4.69, 9.17) is 14.2 Å². The van der Waals surface area contributed by atoms with E-state index in [0.717, 1.165) is 11.3 Å². The van der Waals surface area contributed by atoms with Crippen molar-refractivity contribution in [3.05, 3.63) is 65.7 Å². The third-order valence-corrected chi connectivity index (χ3v) is 3.86. The average Bonchev–Trinajstić information content (AvgIpc) is 2.91. The fraction of sp³-hybridized carbons (Fsp3) is 0.316. The molecule has 1 fully saturated rings. The summed E-state index contributed by atoms with van der Waals surface area (Å²) >= 11 is 0. The number of benzene rings is 2. The van der Waals surface area contributed by atoms with E-state index in [9.17, 15) is 4.79 Å². The molecule has 0 aliphatic carbocycles. The molecule has 23 heavy (non-hydrogen) atoms. The van der Waals surface area contributed by atoms with E-state index < -0.39 is 18.0 Å². The monoisotopic (exact) mass is 312 g/mol. The maximum Gasteiger partial charge on any atom is 0.194 e. The van der Waals surface area contributed by atoms with Gasteiger partial charge in [-0.05, 0) is 31.5 Å². The van der Waals surface area contributed by atoms with E-state index in [-0.39, 0.29) is 5.78 Å². The van der Waals surface area contributed by atoms with Crippen LogP contribution in [0.4, 0.5) is 0 Å². The molecule has 4 heteroatoms. The highest BCUT2D eigenvalue weighted by atomic mass is 16.8. The zero-order valence-electron chi connectivity index (χ0n) is 13.5. The van der Waals surface area contributed by atoms with Crippen molar-refractivity contribution in [1.29, 1.82) is 0 Å². The molecule has 1 saturated heterocycles. The normalized spacial score (nSPS) is 22.7. The molecule has 1 heterocycles. The minimum atomic E-state index is -0.806. The van der Waals surface area contributed by atoms with Crippen LogP contribution in [0.2, 0.25) is 0 Å². The van der Waals surface area contributed by atoms with Crippen molar-refractivity contribution in [1.82, 2.24) is 0 Å². The molecule has 2 atom stereocenters. The lowest BCUT2D eigenvalue weighted by molar-refractivity contribution is -0.143. The summed E-state index contributed by atoms with van der Waals surface area (Å²) in [5.41, 5.74) is 1.52. The number of ether oxygens (including phenoxy) is 3. The van der Waals surface area contributed by atoms with Gasteiger partial charge in [0.05, 0.1) is 7.11 Å². The largest absolute Gasteiger partial charge is 0.497 e. The molecule has 0 N–H and O–H groups in total. The first-order valence-electron chi connectivity index (χ1n) is 7.59. The first-order valence-corrected chi connectivity index (χ1v) is 7.59. The standard InChI is InChI=1S/C19H20O4/c1-19(2)22-17(14-9-11-15(21-3)12-10-14)18(23-19)16(20)13-7-5-4-6-8-13/h4-12,17-18H,1-3H3/t17-,18-/m1/s1. The number of ketones is 1. The maximum absolute atomic E-state index is 12.8. The summed E-state index contributed by atoms with van der Waals surface area (Å²) in [4.78, 5) is 12.8. The fourth-order valence-corrected chi connectivity index (χ4v) is 2.76. The summed E-state index contributed by atoms with van der Waals surface area (Å²) in [6, 6.07) is 16.7. The van der Waals surface area contributed by atoms with Crippen LogP contribution >= 0.6 is 0 Å². The third kappa shape index (κ3) is 3.28. The van der Waals surface area contributed by atoms with E-state index in [2.05, 4.69) is 0 Å². The Morgan fingerprint density at radius 3 is 2.26 bits per heavy atom. The van der Waals surface area contributed by atoms with Crippen molar-refractivity contribution >= 4 is 5.78 Å². The average molecular weight is 312 g/mol. The summed E-state index contributed by atoms with van der Waals surface area (Å²) in [5.74, 6) is -0.116. The zero-order valence-corrected chi connectivity index (χ0v) is 13.5. The van der Waals surface area contributed by atoms with Crippen molar-refractivity contribution in [3.63, 3.8) is 0 Å². The Kier molecular flexibility index (Phi) is 4.20. The Hall–Kier alpha value is -2.17. The molecule has 0 aromatic heterocycles. The van der Waals surface area contributed by atoms with E-state index in [1.165, 1.54) is 0 Å². The van der Waals surface area contributed by atoms with E-state index in [1.54, 1.807) is 19.2 Å². The molecule has 2 aromatic rings. The molecule has 2 aromatic carbocycles. The SMILES string of the molecule is COc1ccc([C@H]2OC(C)(C)O[C@@H]2C(=O)c2ccccc2)cc1. The lowest BCUT2D eigenvalue weighted by atomic mass is 9.97. The fourth-order valence-electron chi connectivity index (χ4n) is 2.76. The summed E-state index contributed by atoms with van der Waals surface area (Å²) in [7, 11) is 1.62. The maximum atomic E-state index is 12.8. The highest BCUT2D eigenvalue weighted by molar-refractivity contribution is 6.00. The van der Waals surface area contributed by atoms with Crippen molar-refractivity contribution in [2.24, 2.45) is 0 Å². The number of rotatable bonds is 4. The van der Waals surface area contributed by atoms with Crippen molar-refractivity contribution < 1.29 is 19.0 Å². The van der Waals surface area contributed by atoms with Gasteiger partial charge in [0.2, 0.25) is 0 Å². The summed E-state index contributed by atoms with van der Waals surface area (Å²) in [6.07, 6.45) is -1.11. The Morgan fingerprint density at radius 2 is 1.65 bits per heavy atom. The second kappa shape index (κ2) is 6.14. The quantitative estimate of drug-likeness (QED) is 0.806. The van der Waals surface area contributed by atoms with Crippen LogP contribution in [0.1, 0.15) is 35.9 Å². The summed E-state index contributed by atoms with van der Waals surface area (Å²) in [6.45, 7) is 3.64. The van der Waals surface area contributed by atoms with Crippen LogP contribution in [-0.4, -0.2) is 24.8 Å². The lowest BCUT2D eigenvalue weighted by Crippen LogP contribution is -2.28. The van der Waals surface area contributed by atoms with Gasteiger partial charge in [0.15, 0.2) is 17.7 Å². The van der Waals surface area contributed by atoms with Gasteiger partial charge >= 0.3 is 0 Å². The van der Waals surface area contributed by atoms with Crippen molar-refractivity contribution in [3.8, 4) is 5.75 Å². The van der Waals surface area contributed by atoms with Crippen LogP contribution in [-0.2, 0) is 9.47 Å². The Morgan fingerprint density at radius 1 is 1.00 bits per heavy atom. The second-order valence-electron chi connectivity index (χ2n) is 5.98. The number of Topliss-reactive ketones (excluding diaryl/α,β-unsaturated/α-hetero) is 1. The predicted molar refractivity (Wildman–Crippen MR) is 86.5 cm³/mol. The molecule has 0 unspecified atom stereocenters. The smallest absolute Gasteiger partial charge is 0.194 e. The van der Waals surface area contributed by atoms with Crippen LogP contribution in [0.25, 0.3) is 0 Å². The molecule has 3 rings (SSSR count). The van der Waals surface area contributed by atoms with Crippen LogP contribution < -0.4 is 4.74 Å². The van der Waals surface area contributed by atoms with Gasteiger partial charge in [0.1, 0.15) is 11.9 Å². The number of carbonyl (C=O) groups is 1. The molecule has 4 nitrogen and oxygen atoms in total. The van der Waals surface area contributed by atoms with E-state index in [0.29, 0.717) is 5.56 Å². The van der Waals surface area contributed by atoms with Gasteiger partial charge in [-0.25, -0.2) is 0 Å². The number of carbonyl (C=O) groups excluding carboxylic acids is 1. The molecule has 120 valence electrons. The van der Waals surface area contributed by atoms with Crippen LogP contribution in [0.3, 0.4) is 0 Å². The molecule has 1 aliphatic rings. The third-order valence-electron chi connectivity index (χ3n) is 3.86. The Balaban J connectivity index is 1.91. The minimum absolute atomic E-state index is 0.0722. The van der Waals surface area contributed by atoms with Crippen molar-refractivity contribution in [2.45, 2.75) is 31.8 Å². The predicted octanol–water partition coefficient (Wildman–Crippen LogP) is 3.77. The minimum Gasteiger partial charge on any atom is -0.497 e. The van der Waals surface area contributed by atoms with Crippen LogP contribution in [0, 0.1) is 0 Å². The van der Waals surface area contributed by atoms with E-state index >= 15 is 0 Å². The van der Waals surface area contributed by atoms with Gasteiger partial charge in [-0.1, -0.05) is 42.5 Å². The first-order chi connectivity index (χ1) is 11.0. The Labute approximate surface area is 136 Å². The van der Waals surface area contributed by atoms with Crippen molar-refractivity contribution in [2.75, 3.05) is 7.11 Å². The molecule has 0 radical (unpaired) electrons. The van der Waals surface area contributed by atoms with Gasteiger partial charge in [-0.3, -0.25) is 4.79 Å². The lowest BCUT2D eigenvalue weighted by Gasteiger charge is -2.17. The Bertz CT molecular complexity index is 676. The zero-order chi connectivity index (χ0) is 16.4. The summed E-state index contributed by atoms with van der Waals surface area (Å²) in [5, 5.41) is 0. The van der Waals surface area contributed by atoms with Gasteiger partial charge in [-0.2, -0.15) is 0 Å². The molecule has 1 aliphatic heterocycles. The number of methoxy groups -OCH3 is 1. The molecule has 0 spiro atoms. The topological polar surface area (TPSA) is 44.8 Å². The number of hydrogen-bond acceptors (Lipinski definition) is 4. The molecule has 0 bridgehead atoms. The van der Waals surface area contributed by atoms with Gasteiger partial charge < -0.3 is 14.2 Å². The van der Waals surface area contributed by atoms with Crippen LogP contribution in [0.15, 0.2) is 54.6 Å². The summed E-state index contributed by atoms with van der Waals surface area (Å²) < 4.78 is 17.0. The van der Waals surface area contributed by atoms with Crippen LogP contribution in [0.5, 0.6) is 5.75 Å². The second-order valence-corrected chi connectivity index (χ2v) is 5.98. The van der Waals surface area contributed by atoms with Gasteiger partial charge in [0, 0.05) is 5.56 Å². The first kappa shape index (κ1) is 15.7. The molecule has 0 amide bonds. The molecular weight excluding hydrogens is 292 g/mol. The highest BCUT2D eigenvalue weighted by Gasteiger charge is 2.45. The highest BCUT2D eigenvalue weighted by Crippen LogP contribution is 2.40. The van der Waals surface area contributed by atoms with Gasteiger partial charge in [-0.15, -0.1) is 0 Å². The molecule has 0 saturated carbocycles.